The average Bonchev–Trinajstić information content (AvgIpc) is 1.89. The third-order valence-electron chi connectivity index (χ3n) is 0.686. The number of allylic oxidation sites excluding steroid dienone is 3. The Morgan fingerprint density at radius 2 is 2.30 bits per heavy atom. The fraction of sp³-hybridized carbons (Fsp3) is 0.167. The van der Waals surface area contributed by atoms with Gasteiger partial charge in [0.05, 0.1) is 0 Å². The molecule has 0 atom stereocenters. The fourth-order valence-corrected chi connectivity index (χ4v) is 0.326. The van der Waals surface area contributed by atoms with Crippen LogP contribution in [0.25, 0.3) is 10.4 Å². The van der Waals surface area contributed by atoms with Crippen LogP contribution < -0.4 is 0 Å². The largest absolute Gasteiger partial charge is 0.288 e. The first kappa shape index (κ1) is 8.46. The second kappa shape index (κ2) is 5.59. The van der Waals surface area contributed by atoms with Crippen LogP contribution in [0.4, 0.5) is 0 Å². The van der Waals surface area contributed by atoms with E-state index in [-0.39, 0.29) is 0 Å². The zero-order valence-corrected chi connectivity index (χ0v) is 5.56. The molecule has 0 N–H and O–H groups in total. The summed E-state index contributed by atoms with van der Waals surface area (Å²) in [6, 6.07) is 0. The number of carbonyl (C=O) groups is 1. The van der Waals surface area contributed by atoms with E-state index < -0.39 is 5.91 Å². The van der Waals surface area contributed by atoms with E-state index >= 15 is 0 Å². The van der Waals surface area contributed by atoms with Crippen LogP contribution in [0.1, 0.15) is 6.92 Å². The molecule has 0 bridgehead atoms. The van der Waals surface area contributed by atoms with Gasteiger partial charge < -0.3 is 0 Å². The fourth-order valence-electron chi connectivity index (χ4n) is 0.326. The highest BCUT2D eigenvalue weighted by molar-refractivity contribution is 5.88. The highest BCUT2D eigenvalue weighted by Crippen LogP contribution is 1.81. The van der Waals surface area contributed by atoms with E-state index in [4.69, 9.17) is 5.53 Å². The maximum Gasteiger partial charge on any atom is 0.241 e. The molecule has 10 heavy (non-hydrogen) atoms. The summed E-state index contributed by atoms with van der Waals surface area (Å²) < 4.78 is 0. The molecule has 4 nitrogen and oxygen atoms in total. The Morgan fingerprint density at radius 3 is 2.80 bits per heavy atom. The minimum absolute atomic E-state index is 0.583. The van der Waals surface area contributed by atoms with E-state index in [2.05, 4.69) is 10.0 Å². The van der Waals surface area contributed by atoms with Gasteiger partial charge in [0.2, 0.25) is 5.91 Å². The van der Waals surface area contributed by atoms with Crippen molar-refractivity contribution in [1.82, 2.24) is 0 Å². The standard InChI is InChI=1S/C6H7N3O/c1-2-3-4-5-6(10)8-9-7/h2-5H,1H3. The molecule has 0 spiro atoms. The van der Waals surface area contributed by atoms with Crippen LogP contribution in [0, 0.1) is 0 Å². The monoisotopic (exact) mass is 137 g/mol. The maximum absolute atomic E-state index is 10.4. The summed E-state index contributed by atoms with van der Waals surface area (Å²) >= 11 is 0. The molecule has 0 heterocycles. The van der Waals surface area contributed by atoms with Gasteiger partial charge in [-0.25, -0.2) is 0 Å². The van der Waals surface area contributed by atoms with Crippen LogP contribution >= 0.6 is 0 Å². The van der Waals surface area contributed by atoms with E-state index in [1.807, 2.05) is 6.92 Å². The van der Waals surface area contributed by atoms with Crippen molar-refractivity contribution in [3.63, 3.8) is 0 Å². The lowest BCUT2D eigenvalue weighted by Gasteiger charge is -1.73. The smallest absolute Gasteiger partial charge is 0.241 e. The lowest BCUT2D eigenvalue weighted by Crippen LogP contribution is -1.80. The number of carbonyl (C=O) groups excluding carboxylic acids is 1. The second-order valence-corrected chi connectivity index (χ2v) is 1.41. The van der Waals surface area contributed by atoms with Crippen molar-refractivity contribution in [3.05, 3.63) is 34.7 Å². The second-order valence-electron chi connectivity index (χ2n) is 1.41. The van der Waals surface area contributed by atoms with Gasteiger partial charge in [0.25, 0.3) is 0 Å². The predicted molar refractivity (Wildman–Crippen MR) is 38.1 cm³/mol. The minimum atomic E-state index is -0.583. The van der Waals surface area contributed by atoms with Crippen LogP contribution in [-0.4, -0.2) is 5.91 Å². The van der Waals surface area contributed by atoms with E-state index in [1.165, 1.54) is 12.2 Å². The normalized spacial score (nSPS) is 10.1. The minimum Gasteiger partial charge on any atom is -0.288 e. The maximum atomic E-state index is 10.4. The quantitative estimate of drug-likeness (QED) is 0.188. The number of rotatable bonds is 2. The van der Waals surface area contributed by atoms with Crippen molar-refractivity contribution in [1.29, 1.82) is 0 Å². The predicted octanol–water partition coefficient (Wildman–Crippen LogP) is 1.96. The van der Waals surface area contributed by atoms with Crippen LogP contribution in [0.5, 0.6) is 0 Å². The van der Waals surface area contributed by atoms with Crippen molar-refractivity contribution in [2.45, 2.75) is 6.92 Å². The van der Waals surface area contributed by atoms with Crippen molar-refractivity contribution in [2.75, 3.05) is 0 Å². The van der Waals surface area contributed by atoms with Crippen molar-refractivity contribution >= 4 is 5.91 Å². The summed E-state index contributed by atoms with van der Waals surface area (Å²) in [5, 5.41) is 2.82. The molecule has 0 saturated heterocycles. The van der Waals surface area contributed by atoms with Gasteiger partial charge in [0.1, 0.15) is 0 Å². The van der Waals surface area contributed by atoms with Crippen molar-refractivity contribution in [2.24, 2.45) is 5.11 Å². The first-order chi connectivity index (χ1) is 4.81. The van der Waals surface area contributed by atoms with Gasteiger partial charge in [-0.15, -0.1) is 0 Å². The Hall–Kier alpha value is -1.54. The average molecular weight is 137 g/mol. The van der Waals surface area contributed by atoms with Gasteiger partial charge in [-0.05, 0) is 23.6 Å². The highest BCUT2D eigenvalue weighted by atomic mass is 16.1. The van der Waals surface area contributed by atoms with Crippen molar-refractivity contribution < 1.29 is 4.79 Å². The summed E-state index contributed by atoms with van der Waals surface area (Å²) in [6.45, 7) is 1.82. The summed E-state index contributed by atoms with van der Waals surface area (Å²) in [6.07, 6.45) is 6.14. The molecule has 0 aromatic rings. The summed E-state index contributed by atoms with van der Waals surface area (Å²) in [4.78, 5) is 12.7. The van der Waals surface area contributed by atoms with Crippen LogP contribution in [-0.2, 0) is 4.79 Å². The molecule has 4 heteroatoms. The molecule has 0 radical (unpaired) electrons. The third-order valence-corrected chi connectivity index (χ3v) is 0.686. The van der Waals surface area contributed by atoms with Gasteiger partial charge >= 0.3 is 0 Å². The Labute approximate surface area is 58.5 Å². The molecule has 0 aliphatic rings. The molecule has 0 rings (SSSR count). The Balaban J connectivity index is 3.89. The Bertz CT molecular complexity index is 211. The van der Waals surface area contributed by atoms with E-state index in [0.717, 1.165) is 0 Å². The molecular formula is C6H7N3O. The number of nitrogens with zero attached hydrogens (tertiary/aromatic N) is 3. The molecular weight excluding hydrogens is 130 g/mol. The topological polar surface area (TPSA) is 65.8 Å². The van der Waals surface area contributed by atoms with Gasteiger partial charge in [-0.3, -0.25) is 4.79 Å². The number of hydrogen-bond acceptors (Lipinski definition) is 1. The Morgan fingerprint density at radius 1 is 1.60 bits per heavy atom. The number of hydrogen-bond donors (Lipinski definition) is 0. The number of azide groups is 1. The zero-order valence-electron chi connectivity index (χ0n) is 5.56. The highest BCUT2D eigenvalue weighted by Gasteiger charge is 1.83. The first-order valence-corrected chi connectivity index (χ1v) is 2.69. The SMILES string of the molecule is CC=CC=CC(=O)N=[N+]=[N-]. The van der Waals surface area contributed by atoms with Gasteiger partial charge in [0.15, 0.2) is 0 Å². The lowest BCUT2D eigenvalue weighted by atomic mass is 10.4. The molecule has 0 aliphatic carbocycles. The van der Waals surface area contributed by atoms with Gasteiger partial charge in [-0.2, -0.15) is 0 Å². The molecule has 0 aromatic heterocycles. The molecule has 0 unspecified atom stereocenters. The van der Waals surface area contributed by atoms with Crippen LogP contribution in [0.15, 0.2) is 29.4 Å². The number of amides is 1. The van der Waals surface area contributed by atoms with Crippen LogP contribution in [0.2, 0.25) is 0 Å². The van der Waals surface area contributed by atoms with E-state index in [0.29, 0.717) is 0 Å². The molecule has 0 aromatic carbocycles. The van der Waals surface area contributed by atoms with Crippen LogP contribution in [0.3, 0.4) is 0 Å². The zero-order chi connectivity index (χ0) is 7.82. The Kier molecular flexibility index (Phi) is 4.73. The van der Waals surface area contributed by atoms with Gasteiger partial charge in [0, 0.05) is 4.91 Å². The summed E-state index contributed by atoms with van der Waals surface area (Å²) in [5.74, 6) is -0.583. The molecule has 0 fully saturated rings. The lowest BCUT2D eigenvalue weighted by molar-refractivity contribution is -0.113. The third kappa shape index (κ3) is 4.61. The molecule has 52 valence electrons. The summed E-state index contributed by atoms with van der Waals surface area (Å²) in [7, 11) is 0. The van der Waals surface area contributed by atoms with Crippen molar-refractivity contribution in [3.8, 4) is 0 Å². The summed E-state index contributed by atoms with van der Waals surface area (Å²) in [5.41, 5.74) is 7.78. The van der Waals surface area contributed by atoms with E-state index in [9.17, 15) is 4.79 Å². The molecule has 0 aliphatic heterocycles. The molecule has 1 amide bonds. The first-order valence-electron chi connectivity index (χ1n) is 2.69. The molecule has 0 saturated carbocycles. The van der Waals surface area contributed by atoms with Gasteiger partial charge in [-0.1, -0.05) is 18.2 Å². The van der Waals surface area contributed by atoms with E-state index in [1.54, 1.807) is 12.2 Å².